The minimum atomic E-state index is 0. The van der Waals surface area contributed by atoms with Crippen molar-refractivity contribution in [3.63, 3.8) is 0 Å². The first kappa shape index (κ1) is 23.6. The van der Waals surface area contributed by atoms with Crippen molar-refractivity contribution in [2.24, 2.45) is 0 Å². The summed E-state index contributed by atoms with van der Waals surface area (Å²) in [5.41, 5.74) is 4.10. The zero-order valence-electron chi connectivity index (χ0n) is 17.4. The van der Waals surface area contributed by atoms with Crippen LogP contribution in [0.3, 0.4) is 0 Å². The molecule has 2 saturated carbocycles. The van der Waals surface area contributed by atoms with Crippen LogP contribution < -0.4 is 9.47 Å². The first-order chi connectivity index (χ1) is 14.8. The van der Waals surface area contributed by atoms with Crippen molar-refractivity contribution >= 4 is 10.9 Å². The summed E-state index contributed by atoms with van der Waals surface area (Å²) < 4.78 is 10.9. The average molecular weight is 449 g/mol. The van der Waals surface area contributed by atoms with Crippen LogP contribution in [0.5, 0.6) is 11.5 Å². The monoisotopic (exact) mass is 449 g/mol. The molecule has 154 valence electrons. The van der Waals surface area contributed by atoms with Crippen LogP contribution in [0.1, 0.15) is 5.69 Å². The van der Waals surface area contributed by atoms with Crippen molar-refractivity contribution in [1.29, 1.82) is 0 Å². The van der Waals surface area contributed by atoms with Crippen molar-refractivity contribution in [1.82, 2.24) is 4.98 Å². The maximum absolute atomic E-state index is 5.44. The van der Waals surface area contributed by atoms with Crippen LogP contribution >= 0.6 is 0 Å². The molecular formula is C27H23FeNO2+2. The molecular weight excluding hydrogens is 426 g/mol. The Morgan fingerprint density at radius 2 is 1.26 bits per heavy atom. The Morgan fingerprint density at radius 3 is 1.84 bits per heavy atom. The number of benzene rings is 2. The molecule has 2 aromatic carbocycles. The third-order valence-corrected chi connectivity index (χ3v) is 4.90. The van der Waals surface area contributed by atoms with E-state index in [1.54, 1.807) is 14.2 Å². The van der Waals surface area contributed by atoms with Gasteiger partial charge in [0, 0.05) is 22.9 Å². The van der Waals surface area contributed by atoms with Crippen molar-refractivity contribution < 1.29 is 26.5 Å². The van der Waals surface area contributed by atoms with Crippen LogP contribution in [0.4, 0.5) is 0 Å². The Kier molecular flexibility index (Phi) is 8.80. The third kappa shape index (κ3) is 5.61. The van der Waals surface area contributed by atoms with Gasteiger partial charge in [0.1, 0.15) is 0 Å². The Labute approximate surface area is 197 Å². The van der Waals surface area contributed by atoms with Gasteiger partial charge in [-0.25, -0.2) is 0 Å². The topological polar surface area (TPSA) is 31.4 Å². The van der Waals surface area contributed by atoms with E-state index in [4.69, 9.17) is 14.5 Å². The van der Waals surface area contributed by atoms with Crippen molar-refractivity contribution in [3.8, 4) is 22.6 Å². The second-order valence-electron chi connectivity index (χ2n) is 6.79. The maximum Gasteiger partial charge on any atom is 2.00 e. The molecule has 10 radical (unpaired) electrons. The summed E-state index contributed by atoms with van der Waals surface area (Å²) in [6, 6.07) is 16.4. The normalized spacial score (nSPS) is 15.8. The molecule has 5 rings (SSSR count). The summed E-state index contributed by atoms with van der Waals surface area (Å²) in [6.07, 6.45) is 18.2. The Balaban J connectivity index is 0.000000401. The molecule has 0 N–H and O–H groups in total. The van der Waals surface area contributed by atoms with Gasteiger partial charge in [0.05, 0.1) is 25.4 Å². The van der Waals surface area contributed by atoms with Crippen LogP contribution in [0, 0.1) is 63.7 Å². The van der Waals surface area contributed by atoms with E-state index in [9.17, 15) is 0 Å². The molecule has 0 saturated heterocycles. The number of aromatic nitrogens is 1. The molecule has 31 heavy (non-hydrogen) atoms. The number of hydrogen-bond acceptors (Lipinski definition) is 3. The molecule has 2 aliphatic rings. The van der Waals surface area contributed by atoms with Gasteiger partial charge in [0.25, 0.3) is 0 Å². The van der Waals surface area contributed by atoms with E-state index in [-0.39, 0.29) is 17.1 Å². The number of pyridine rings is 1. The van der Waals surface area contributed by atoms with Gasteiger partial charge in [-0.2, -0.15) is 0 Å². The van der Waals surface area contributed by atoms with E-state index < -0.39 is 0 Å². The van der Waals surface area contributed by atoms with Gasteiger partial charge in [-0.1, -0.05) is 30.3 Å². The Bertz CT molecular complexity index is 956. The quantitative estimate of drug-likeness (QED) is 0.480. The zero-order chi connectivity index (χ0) is 20.8. The maximum atomic E-state index is 5.44. The summed E-state index contributed by atoms with van der Waals surface area (Å²) >= 11 is 0. The number of hydrogen-bond donors (Lipinski definition) is 0. The molecule has 3 aromatic rings. The SMILES string of the molecule is COc1cc2cc(-c3ccccc3)c([C]3[CH][CH][CH][CH]3)nc2cc1OC.[CH]1[CH][CH][CH][CH]1.[Fe+2]. The summed E-state index contributed by atoms with van der Waals surface area (Å²) in [5, 5.41) is 1.02. The van der Waals surface area contributed by atoms with Gasteiger partial charge in [-0.05, 0) is 75.5 Å². The second kappa shape index (κ2) is 11.5. The Morgan fingerprint density at radius 1 is 0.677 bits per heavy atom. The molecule has 0 amide bonds. The van der Waals surface area contributed by atoms with Crippen molar-refractivity contribution in [2.45, 2.75) is 0 Å². The number of fused-ring (bicyclic) bond motifs is 1. The number of ether oxygens (including phenoxy) is 2. The van der Waals surface area contributed by atoms with Crippen LogP contribution in [0.2, 0.25) is 0 Å². The molecule has 0 aliphatic heterocycles. The fraction of sp³-hybridized carbons (Fsp3) is 0.0741. The molecule has 0 spiro atoms. The first-order valence-corrected chi connectivity index (χ1v) is 9.81. The van der Waals surface area contributed by atoms with E-state index in [2.05, 4.69) is 31.0 Å². The van der Waals surface area contributed by atoms with Crippen LogP contribution in [-0.2, 0) is 17.1 Å². The average Bonchev–Trinajstić information content (AvgIpc) is 3.55. The number of rotatable bonds is 4. The van der Waals surface area contributed by atoms with E-state index in [1.807, 2.05) is 75.3 Å². The van der Waals surface area contributed by atoms with Gasteiger partial charge < -0.3 is 9.47 Å². The zero-order valence-corrected chi connectivity index (χ0v) is 18.5. The molecule has 1 aromatic heterocycles. The van der Waals surface area contributed by atoms with E-state index in [0.717, 1.165) is 33.6 Å². The van der Waals surface area contributed by atoms with Gasteiger partial charge in [0.15, 0.2) is 11.5 Å². The van der Waals surface area contributed by atoms with Crippen LogP contribution in [0.15, 0.2) is 48.5 Å². The van der Waals surface area contributed by atoms with Crippen LogP contribution in [0.25, 0.3) is 22.0 Å². The minimum absolute atomic E-state index is 0. The van der Waals surface area contributed by atoms with Gasteiger partial charge in [-0.15, -0.1) is 0 Å². The van der Waals surface area contributed by atoms with E-state index in [1.165, 1.54) is 0 Å². The number of methoxy groups -OCH3 is 2. The summed E-state index contributed by atoms with van der Waals surface area (Å²) in [5.74, 6) is 2.50. The molecule has 0 unspecified atom stereocenters. The predicted octanol–water partition coefficient (Wildman–Crippen LogP) is 5.69. The summed E-state index contributed by atoms with van der Waals surface area (Å²) in [6.45, 7) is 0. The standard InChI is InChI=1S/C22H18NO2.C5H5.Fe/c1-24-20-13-17-12-18(15-8-4-3-5-9-15)22(16-10-6-7-11-16)23-19(17)14-21(20)25-2;1-2-4-5-3-1;/h3-14H,1-2H3;1-5H;/q;;+2. The molecule has 1 heterocycles. The third-order valence-electron chi connectivity index (χ3n) is 4.90. The second-order valence-corrected chi connectivity index (χ2v) is 6.79. The summed E-state index contributed by atoms with van der Waals surface area (Å²) in [7, 11) is 3.29. The van der Waals surface area contributed by atoms with E-state index in [0.29, 0.717) is 11.5 Å². The largest absolute Gasteiger partial charge is 2.00 e. The minimum Gasteiger partial charge on any atom is -0.493 e. The van der Waals surface area contributed by atoms with Crippen LogP contribution in [-0.4, -0.2) is 19.2 Å². The predicted molar refractivity (Wildman–Crippen MR) is 121 cm³/mol. The van der Waals surface area contributed by atoms with E-state index >= 15 is 0 Å². The first-order valence-electron chi connectivity index (χ1n) is 9.81. The smallest absolute Gasteiger partial charge is 0.493 e. The van der Waals surface area contributed by atoms with Crippen molar-refractivity contribution in [3.05, 3.63) is 118 Å². The molecule has 4 heteroatoms. The fourth-order valence-corrected chi connectivity index (χ4v) is 3.41. The van der Waals surface area contributed by atoms with Gasteiger partial charge >= 0.3 is 17.1 Å². The molecule has 3 nitrogen and oxygen atoms in total. The number of nitrogens with zero attached hydrogens (tertiary/aromatic N) is 1. The molecule has 0 bridgehead atoms. The van der Waals surface area contributed by atoms with Gasteiger partial charge in [-0.3, -0.25) is 4.98 Å². The fourth-order valence-electron chi connectivity index (χ4n) is 3.41. The van der Waals surface area contributed by atoms with Gasteiger partial charge in [0.2, 0.25) is 0 Å². The Hall–Kier alpha value is -2.03. The molecule has 2 fully saturated rings. The summed E-state index contributed by atoms with van der Waals surface area (Å²) in [4.78, 5) is 4.94. The van der Waals surface area contributed by atoms with Crippen molar-refractivity contribution in [2.75, 3.05) is 14.2 Å². The molecule has 0 atom stereocenters. The molecule has 2 aliphatic carbocycles.